The first-order chi connectivity index (χ1) is 13.0. The minimum Gasteiger partial charge on any atom is -0.486 e. The molecule has 0 fully saturated rings. The second kappa shape index (κ2) is 8.35. The van der Waals surface area contributed by atoms with E-state index in [0.717, 1.165) is 5.56 Å². The summed E-state index contributed by atoms with van der Waals surface area (Å²) < 4.78 is 16.0. The molecule has 0 unspecified atom stereocenters. The Labute approximate surface area is 156 Å². The van der Waals surface area contributed by atoms with Gasteiger partial charge in [0.2, 0.25) is 5.91 Å². The number of amides is 1. The molecule has 1 amide bonds. The average molecular weight is 369 g/mol. The summed E-state index contributed by atoms with van der Waals surface area (Å²) in [5, 5.41) is 0. The Morgan fingerprint density at radius 3 is 2.26 bits per heavy atom. The number of ether oxygens (including phenoxy) is 3. The van der Waals surface area contributed by atoms with Crippen molar-refractivity contribution < 1.29 is 28.6 Å². The lowest BCUT2D eigenvalue weighted by Crippen LogP contribution is -2.16. The number of hydrogen-bond acceptors (Lipinski definition) is 6. The molecule has 0 atom stereocenters. The zero-order valence-electron chi connectivity index (χ0n) is 14.6. The molecule has 0 saturated heterocycles. The third-order valence-electron chi connectivity index (χ3n) is 4.06. The molecule has 2 aromatic carbocycles. The van der Waals surface area contributed by atoms with Gasteiger partial charge in [-0.1, -0.05) is 12.1 Å². The van der Waals surface area contributed by atoms with E-state index in [-0.39, 0.29) is 25.2 Å². The van der Waals surface area contributed by atoms with Crippen LogP contribution < -0.4 is 15.2 Å². The van der Waals surface area contributed by atoms with Crippen molar-refractivity contribution >= 4 is 17.7 Å². The predicted octanol–water partition coefficient (Wildman–Crippen LogP) is 2.26. The van der Waals surface area contributed by atoms with Crippen molar-refractivity contribution in [3.63, 3.8) is 0 Å². The van der Waals surface area contributed by atoms with E-state index in [1.54, 1.807) is 42.5 Å². The molecular weight excluding hydrogens is 350 g/mol. The zero-order chi connectivity index (χ0) is 19.2. The lowest BCUT2D eigenvalue weighted by Gasteiger charge is -2.18. The molecule has 0 spiro atoms. The molecule has 0 aromatic heterocycles. The lowest BCUT2D eigenvalue weighted by atomic mass is 10.1. The molecule has 0 bridgehead atoms. The predicted molar refractivity (Wildman–Crippen MR) is 95.8 cm³/mol. The highest BCUT2D eigenvalue weighted by atomic mass is 16.6. The summed E-state index contributed by atoms with van der Waals surface area (Å²) in [6.07, 6.45) is 0.0196. The van der Waals surface area contributed by atoms with Crippen LogP contribution in [-0.4, -0.2) is 30.9 Å². The summed E-state index contributed by atoms with van der Waals surface area (Å²) in [5.74, 6) is -0.0144. The van der Waals surface area contributed by atoms with Gasteiger partial charge < -0.3 is 19.9 Å². The highest BCUT2D eigenvalue weighted by Gasteiger charge is 2.16. The van der Waals surface area contributed by atoms with Gasteiger partial charge in [-0.25, -0.2) is 0 Å². The summed E-state index contributed by atoms with van der Waals surface area (Å²) in [7, 11) is 0. The van der Waals surface area contributed by atoms with Gasteiger partial charge in [0.25, 0.3) is 0 Å². The summed E-state index contributed by atoms with van der Waals surface area (Å²) in [6.45, 7) is 0.991. The zero-order valence-corrected chi connectivity index (χ0v) is 14.6. The van der Waals surface area contributed by atoms with Crippen LogP contribution in [0.3, 0.4) is 0 Å². The van der Waals surface area contributed by atoms with Gasteiger partial charge in [-0.2, -0.15) is 0 Å². The maximum Gasteiger partial charge on any atom is 0.306 e. The topological polar surface area (TPSA) is 105 Å². The van der Waals surface area contributed by atoms with Crippen LogP contribution in [0.15, 0.2) is 42.5 Å². The molecule has 1 aliphatic heterocycles. The fourth-order valence-electron chi connectivity index (χ4n) is 2.58. The number of rotatable bonds is 7. The Morgan fingerprint density at radius 1 is 0.889 bits per heavy atom. The average Bonchev–Trinajstić information content (AvgIpc) is 2.70. The fourth-order valence-corrected chi connectivity index (χ4v) is 2.58. The van der Waals surface area contributed by atoms with E-state index < -0.39 is 11.9 Å². The molecule has 27 heavy (non-hydrogen) atoms. The number of carbonyl (C=O) groups is 3. The van der Waals surface area contributed by atoms with Crippen LogP contribution in [0.4, 0.5) is 0 Å². The first-order valence-electron chi connectivity index (χ1n) is 8.50. The second-order valence-corrected chi connectivity index (χ2v) is 6.00. The van der Waals surface area contributed by atoms with E-state index in [9.17, 15) is 14.4 Å². The van der Waals surface area contributed by atoms with E-state index in [1.165, 1.54) is 0 Å². The van der Waals surface area contributed by atoms with Gasteiger partial charge in [0.1, 0.15) is 19.8 Å². The summed E-state index contributed by atoms with van der Waals surface area (Å²) in [5.41, 5.74) is 6.75. The fraction of sp³-hybridized carbons (Fsp3) is 0.250. The van der Waals surface area contributed by atoms with E-state index in [4.69, 9.17) is 19.9 Å². The third kappa shape index (κ3) is 4.84. The first kappa shape index (κ1) is 18.4. The molecule has 0 radical (unpaired) electrons. The van der Waals surface area contributed by atoms with Gasteiger partial charge >= 0.3 is 5.97 Å². The number of nitrogens with two attached hydrogens (primary N) is 1. The van der Waals surface area contributed by atoms with Crippen molar-refractivity contribution in [3.8, 4) is 11.5 Å². The molecular formula is C20H19NO6. The molecule has 1 aliphatic rings. The molecule has 2 aromatic rings. The van der Waals surface area contributed by atoms with E-state index in [1.807, 2.05) is 0 Å². The Hall–Kier alpha value is -3.35. The van der Waals surface area contributed by atoms with Gasteiger partial charge in [-0.05, 0) is 35.9 Å². The Kier molecular flexibility index (Phi) is 5.71. The summed E-state index contributed by atoms with van der Waals surface area (Å²) in [4.78, 5) is 35.1. The summed E-state index contributed by atoms with van der Waals surface area (Å²) >= 11 is 0. The second-order valence-electron chi connectivity index (χ2n) is 6.00. The highest BCUT2D eigenvalue weighted by Crippen LogP contribution is 2.31. The van der Waals surface area contributed by atoms with Crippen molar-refractivity contribution in [2.75, 3.05) is 13.2 Å². The maximum absolute atomic E-state index is 12.3. The quantitative estimate of drug-likeness (QED) is 0.593. The van der Waals surface area contributed by atoms with Crippen molar-refractivity contribution in [2.24, 2.45) is 5.73 Å². The van der Waals surface area contributed by atoms with Gasteiger partial charge in [0.15, 0.2) is 17.3 Å². The number of carbonyl (C=O) groups excluding carboxylic acids is 3. The molecule has 0 aliphatic carbocycles. The van der Waals surface area contributed by atoms with Crippen molar-refractivity contribution in [1.82, 2.24) is 0 Å². The smallest absolute Gasteiger partial charge is 0.306 e. The van der Waals surface area contributed by atoms with Crippen molar-refractivity contribution in [2.45, 2.75) is 19.4 Å². The van der Waals surface area contributed by atoms with Gasteiger partial charge in [-0.15, -0.1) is 0 Å². The van der Waals surface area contributed by atoms with Crippen LogP contribution in [0.5, 0.6) is 11.5 Å². The van der Waals surface area contributed by atoms with Gasteiger partial charge in [-0.3, -0.25) is 14.4 Å². The number of fused-ring (bicyclic) bond motifs is 1. The Bertz CT molecular complexity index is 859. The van der Waals surface area contributed by atoms with Gasteiger partial charge in [0, 0.05) is 17.5 Å². The van der Waals surface area contributed by atoms with Crippen LogP contribution >= 0.6 is 0 Å². The molecule has 7 nitrogen and oxygen atoms in total. The largest absolute Gasteiger partial charge is 0.486 e. The first-order valence-corrected chi connectivity index (χ1v) is 8.50. The SMILES string of the molecule is NC(=O)c1ccc(COC(=O)CCC(=O)c2ccc3c(c2)OCCO3)cc1. The highest BCUT2D eigenvalue weighted by molar-refractivity contribution is 5.98. The molecule has 3 rings (SSSR count). The minimum absolute atomic E-state index is 0.0212. The van der Waals surface area contributed by atoms with Gasteiger partial charge in [0.05, 0.1) is 6.42 Å². The number of hydrogen-bond donors (Lipinski definition) is 1. The normalized spacial score (nSPS) is 12.3. The standard InChI is InChI=1S/C20H19NO6/c21-20(24)14-3-1-13(2-4-14)12-27-19(23)8-6-16(22)15-5-7-17-18(11-15)26-10-9-25-17/h1-5,7,11H,6,8-10,12H2,(H2,21,24). The number of Topliss-reactive ketones (excluding diaryl/α,β-unsaturated/α-hetero) is 1. The molecule has 7 heteroatoms. The number of primary amides is 1. The Balaban J connectivity index is 1.47. The monoisotopic (exact) mass is 369 g/mol. The summed E-state index contributed by atoms with van der Waals surface area (Å²) in [6, 6.07) is 11.4. The third-order valence-corrected chi connectivity index (χ3v) is 4.06. The number of benzene rings is 2. The number of ketones is 1. The molecule has 1 heterocycles. The van der Waals surface area contributed by atoms with E-state index >= 15 is 0 Å². The molecule has 2 N–H and O–H groups in total. The molecule has 140 valence electrons. The molecule has 0 saturated carbocycles. The van der Waals surface area contributed by atoms with Crippen molar-refractivity contribution in [3.05, 3.63) is 59.2 Å². The number of esters is 1. The van der Waals surface area contributed by atoms with Crippen LogP contribution in [-0.2, 0) is 16.1 Å². The van der Waals surface area contributed by atoms with Crippen LogP contribution in [0.25, 0.3) is 0 Å². The van der Waals surface area contributed by atoms with Crippen LogP contribution in [0.2, 0.25) is 0 Å². The van der Waals surface area contributed by atoms with E-state index in [0.29, 0.717) is 35.8 Å². The maximum atomic E-state index is 12.3. The lowest BCUT2D eigenvalue weighted by molar-refractivity contribution is -0.144. The van der Waals surface area contributed by atoms with Crippen molar-refractivity contribution in [1.29, 1.82) is 0 Å². The minimum atomic E-state index is -0.517. The van der Waals surface area contributed by atoms with E-state index in [2.05, 4.69) is 0 Å². The Morgan fingerprint density at radius 2 is 1.56 bits per heavy atom. The van der Waals surface area contributed by atoms with Crippen LogP contribution in [0.1, 0.15) is 39.1 Å². The van der Waals surface area contributed by atoms with Crippen LogP contribution in [0, 0.1) is 0 Å².